The number of aryl methyl sites for hydroxylation is 1. The number of carbonyl (C=O) groups excluding carboxylic acids is 2. The number of carbonyl (C=O) groups is 2. The fourth-order valence-electron chi connectivity index (χ4n) is 3.44. The quantitative estimate of drug-likeness (QED) is 0.926. The lowest BCUT2D eigenvalue weighted by Gasteiger charge is -2.31. The molecule has 1 unspecified atom stereocenters. The number of benzene rings is 1. The van der Waals surface area contributed by atoms with Crippen molar-refractivity contribution in [3.63, 3.8) is 0 Å². The molecule has 5 heteroatoms. The summed E-state index contributed by atoms with van der Waals surface area (Å²) >= 11 is 0. The van der Waals surface area contributed by atoms with Gasteiger partial charge in [-0.05, 0) is 30.9 Å². The number of para-hydroxylation sites is 1. The molecule has 5 nitrogen and oxygen atoms in total. The number of ether oxygens (including phenoxy) is 1. The average Bonchev–Trinajstić information content (AvgIpc) is 2.98. The summed E-state index contributed by atoms with van der Waals surface area (Å²) in [5, 5.41) is 3.00. The molecule has 23 heavy (non-hydrogen) atoms. The van der Waals surface area contributed by atoms with Gasteiger partial charge in [0, 0.05) is 37.9 Å². The van der Waals surface area contributed by atoms with E-state index in [1.165, 1.54) is 0 Å². The first-order valence-corrected chi connectivity index (χ1v) is 8.45. The van der Waals surface area contributed by atoms with Gasteiger partial charge >= 0.3 is 0 Å². The Labute approximate surface area is 137 Å². The van der Waals surface area contributed by atoms with Gasteiger partial charge in [0.15, 0.2) is 0 Å². The van der Waals surface area contributed by atoms with Gasteiger partial charge in [0.25, 0.3) is 0 Å². The maximum absolute atomic E-state index is 12.5. The van der Waals surface area contributed by atoms with Crippen molar-refractivity contribution in [3.05, 3.63) is 29.8 Å². The van der Waals surface area contributed by atoms with Crippen LogP contribution in [0.4, 0.5) is 5.69 Å². The Balaban J connectivity index is 1.63. The van der Waals surface area contributed by atoms with Gasteiger partial charge in [-0.2, -0.15) is 0 Å². The number of nitrogens with one attached hydrogen (secondary N) is 1. The van der Waals surface area contributed by atoms with Gasteiger partial charge in [-0.1, -0.05) is 25.1 Å². The zero-order valence-electron chi connectivity index (χ0n) is 13.6. The number of anilines is 1. The van der Waals surface area contributed by atoms with E-state index in [1.54, 1.807) is 0 Å². The first-order valence-electron chi connectivity index (χ1n) is 8.45. The van der Waals surface area contributed by atoms with Crippen molar-refractivity contribution in [1.29, 1.82) is 0 Å². The summed E-state index contributed by atoms with van der Waals surface area (Å²) < 4.78 is 5.36. The molecule has 0 radical (unpaired) electrons. The highest BCUT2D eigenvalue weighted by Gasteiger charge is 2.38. The van der Waals surface area contributed by atoms with Crippen molar-refractivity contribution in [1.82, 2.24) is 4.90 Å². The summed E-state index contributed by atoms with van der Waals surface area (Å²) in [5.41, 5.74) is 1.98. The van der Waals surface area contributed by atoms with E-state index in [2.05, 4.69) is 12.2 Å². The number of rotatable bonds is 4. The van der Waals surface area contributed by atoms with Crippen LogP contribution >= 0.6 is 0 Å². The molecule has 2 saturated heterocycles. The van der Waals surface area contributed by atoms with E-state index in [1.807, 2.05) is 29.2 Å². The monoisotopic (exact) mass is 316 g/mol. The lowest BCUT2D eigenvalue weighted by atomic mass is 10.1. The van der Waals surface area contributed by atoms with Gasteiger partial charge in [0.1, 0.15) is 0 Å². The summed E-state index contributed by atoms with van der Waals surface area (Å²) in [7, 11) is 0. The van der Waals surface area contributed by atoms with Crippen LogP contribution in [-0.4, -0.2) is 42.5 Å². The average molecular weight is 316 g/mol. The van der Waals surface area contributed by atoms with Gasteiger partial charge < -0.3 is 15.0 Å². The standard InChI is InChI=1S/C18H24N2O3/c1-2-13-5-3-4-6-16(13)19-18(22)14-11-17(21)20(12-14)15-7-9-23-10-8-15/h3-6,14-15H,2,7-12H2,1H3,(H,19,22). The fourth-order valence-corrected chi connectivity index (χ4v) is 3.44. The van der Waals surface area contributed by atoms with Crippen LogP contribution in [0.3, 0.4) is 0 Å². The molecule has 0 saturated carbocycles. The number of amides is 2. The first-order chi connectivity index (χ1) is 11.2. The van der Waals surface area contributed by atoms with E-state index < -0.39 is 0 Å². The minimum Gasteiger partial charge on any atom is -0.381 e. The topological polar surface area (TPSA) is 58.6 Å². The van der Waals surface area contributed by atoms with Crippen LogP contribution in [0.2, 0.25) is 0 Å². The maximum atomic E-state index is 12.5. The molecule has 124 valence electrons. The zero-order chi connectivity index (χ0) is 16.2. The van der Waals surface area contributed by atoms with Crippen LogP contribution in [-0.2, 0) is 20.7 Å². The third-order valence-electron chi connectivity index (χ3n) is 4.82. The summed E-state index contributed by atoms with van der Waals surface area (Å²) in [4.78, 5) is 26.7. The van der Waals surface area contributed by atoms with Crippen LogP contribution in [0.25, 0.3) is 0 Å². The van der Waals surface area contributed by atoms with Crippen molar-refractivity contribution in [2.24, 2.45) is 5.92 Å². The Morgan fingerprint density at radius 2 is 2.04 bits per heavy atom. The van der Waals surface area contributed by atoms with Crippen LogP contribution in [0.5, 0.6) is 0 Å². The van der Waals surface area contributed by atoms with Crippen molar-refractivity contribution in [2.75, 3.05) is 25.1 Å². The predicted molar refractivity (Wildman–Crippen MR) is 88.1 cm³/mol. The highest BCUT2D eigenvalue weighted by Crippen LogP contribution is 2.26. The molecule has 1 N–H and O–H groups in total. The van der Waals surface area contributed by atoms with E-state index in [9.17, 15) is 9.59 Å². The molecule has 1 atom stereocenters. The predicted octanol–water partition coefficient (Wildman–Crippen LogP) is 2.21. The number of hydrogen-bond donors (Lipinski definition) is 1. The Kier molecular flexibility index (Phi) is 4.96. The van der Waals surface area contributed by atoms with Crippen LogP contribution in [0.15, 0.2) is 24.3 Å². The molecule has 0 aromatic heterocycles. The molecule has 0 aliphatic carbocycles. The van der Waals surface area contributed by atoms with E-state index in [-0.39, 0.29) is 23.8 Å². The highest BCUT2D eigenvalue weighted by atomic mass is 16.5. The van der Waals surface area contributed by atoms with Crippen LogP contribution < -0.4 is 5.32 Å². The van der Waals surface area contributed by atoms with Gasteiger partial charge in [-0.25, -0.2) is 0 Å². The largest absolute Gasteiger partial charge is 0.381 e. The molecular formula is C18H24N2O3. The normalized spacial score (nSPS) is 22.4. The summed E-state index contributed by atoms with van der Waals surface area (Å²) in [5.74, 6) is -0.204. The van der Waals surface area contributed by atoms with Crippen molar-refractivity contribution in [3.8, 4) is 0 Å². The summed E-state index contributed by atoms with van der Waals surface area (Å²) in [6.07, 6.45) is 2.93. The van der Waals surface area contributed by atoms with Gasteiger partial charge in [-0.15, -0.1) is 0 Å². The molecule has 2 aliphatic rings. The second-order valence-corrected chi connectivity index (χ2v) is 6.29. The molecule has 2 fully saturated rings. The fraction of sp³-hybridized carbons (Fsp3) is 0.556. The van der Waals surface area contributed by atoms with Gasteiger partial charge in [-0.3, -0.25) is 9.59 Å². The summed E-state index contributed by atoms with van der Waals surface area (Å²) in [6, 6.07) is 8.06. The molecule has 2 aliphatic heterocycles. The highest BCUT2D eigenvalue weighted by molar-refractivity contribution is 5.97. The molecule has 2 amide bonds. The Morgan fingerprint density at radius 3 is 2.78 bits per heavy atom. The first kappa shape index (κ1) is 16.0. The molecule has 1 aromatic rings. The SMILES string of the molecule is CCc1ccccc1NC(=O)C1CC(=O)N(C2CCOCC2)C1. The number of hydrogen-bond acceptors (Lipinski definition) is 3. The third kappa shape index (κ3) is 3.55. The Morgan fingerprint density at radius 1 is 1.30 bits per heavy atom. The molecule has 3 rings (SSSR count). The van der Waals surface area contributed by atoms with Crippen molar-refractivity contribution < 1.29 is 14.3 Å². The molecule has 1 aromatic carbocycles. The smallest absolute Gasteiger partial charge is 0.229 e. The second-order valence-electron chi connectivity index (χ2n) is 6.29. The minimum absolute atomic E-state index is 0.0474. The van der Waals surface area contributed by atoms with Crippen molar-refractivity contribution >= 4 is 17.5 Å². The Hall–Kier alpha value is -1.88. The van der Waals surface area contributed by atoms with Gasteiger partial charge in [0.05, 0.1) is 5.92 Å². The molecule has 0 bridgehead atoms. The minimum atomic E-state index is -0.254. The lowest BCUT2D eigenvalue weighted by molar-refractivity contribution is -0.131. The second kappa shape index (κ2) is 7.13. The number of likely N-dealkylation sites (tertiary alicyclic amines) is 1. The van der Waals surface area contributed by atoms with E-state index in [4.69, 9.17) is 4.74 Å². The third-order valence-corrected chi connectivity index (χ3v) is 4.82. The summed E-state index contributed by atoms with van der Waals surface area (Å²) in [6.45, 7) is 4.00. The zero-order valence-corrected chi connectivity index (χ0v) is 13.6. The van der Waals surface area contributed by atoms with Gasteiger partial charge in [0.2, 0.25) is 11.8 Å². The van der Waals surface area contributed by atoms with E-state index in [0.29, 0.717) is 26.2 Å². The van der Waals surface area contributed by atoms with Crippen LogP contribution in [0, 0.1) is 5.92 Å². The van der Waals surface area contributed by atoms with Crippen molar-refractivity contribution in [2.45, 2.75) is 38.6 Å². The number of nitrogens with zero attached hydrogens (tertiary/aromatic N) is 1. The van der Waals surface area contributed by atoms with Crippen LogP contribution in [0.1, 0.15) is 31.7 Å². The lowest BCUT2D eigenvalue weighted by Crippen LogP contribution is -2.41. The maximum Gasteiger partial charge on any atom is 0.229 e. The molecule has 2 heterocycles. The molecule has 0 spiro atoms. The molecular weight excluding hydrogens is 292 g/mol. The Bertz CT molecular complexity index is 581. The van der Waals surface area contributed by atoms with E-state index in [0.717, 1.165) is 30.5 Å². The van der Waals surface area contributed by atoms with E-state index >= 15 is 0 Å².